The Kier molecular flexibility index (Phi) is 5.90. The van der Waals surface area contributed by atoms with Crippen molar-refractivity contribution in [2.45, 2.75) is 51.5 Å². The second-order valence-corrected chi connectivity index (χ2v) is 8.73. The molecule has 5 rings (SSSR count). The highest BCUT2D eigenvalue weighted by molar-refractivity contribution is 5.95. The van der Waals surface area contributed by atoms with Crippen LogP contribution >= 0.6 is 0 Å². The lowest BCUT2D eigenvalue weighted by Gasteiger charge is -2.31. The van der Waals surface area contributed by atoms with Crippen molar-refractivity contribution in [3.05, 3.63) is 70.9 Å². The fourth-order valence-corrected chi connectivity index (χ4v) is 4.88. The third-order valence-electron chi connectivity index (χ3n) is 6.59. The van der Waals surface area contributed by atoms with Crippen molar-refractivity contribution in [3.63, 3.8) is 0 Å². The van der Waals surface area contributed by atoms with E-state index in [-0.39, 0.29) is 17.9 Å². The van der Waals surface area contributed by atoms with E-state index in [1.807, 2.05) is 34.9 Å². The van der Waals surface area contributed by atoms with Crippen LogP contribution in [0.4, 0.5) is 5.82 Å². The van der Waals surface area contributed by atoms with Crippen LogP contribution in [-0.2, 0) is 17.6 Å². The molecule has 2 aromatic heterocycles. The van der Waals surface area contributed by atoms with Gasteiger partial charge in [0.25, 0.3) is 5.91 Å². The normalized spacial score (nSPS) is 18.0. The first-order valence-corrected chi connectivity index (χ1v) is 11.6. The molecule has 2 amide bonds. The molecule has 0 bridgehead atoms. The molecule has 0 radical (unpaired) electrons. The summed E-state index contributed by atoms with van der Waals surface area (Å²) in [5, 5.41) is 6.67. The highest BCUT2D eigenvalue weighted by Crippen LogP contribution is 2.35. The fourth-order valence-electron chi connectivity index (χ4n) is 4.88. The van der Waals surface area contributed by atoms with Gasteiger partial charge in [-0.25, -0.2) is 9.97 Å². The van der Waals surface area contributed by atoms with Crippen molar-refractivity contribution in [1.82, 2.24) is 25.1 Å². The zero-order chi connectivity index (χ0) is 22.8. The first kappa shape index (κ1) is 21.3. The van der Waals surface area contributed by atoms with Crippen LogP contribution in [0.25, 0.3) is 0 Å². The van der Waals surface area contributed by atoms with Gasteiger partial charge in [0.2, 0.25) is 5.91 Å². The summed E-state index contributed by atoms with van der Waals surface area (Å²) in [6.45, 7) is 3.26. The maximum atomic E-state index is 13.0. The van der Waals surface area contributed by atoms with Crippen LogP contribution in [0.2, 0.25) is 0 Å². The summed E-state index contributed by atoms with van der Waals surface area (Å²) >= 11 is 0. The predicted molar refractivity (Wildman–Crippen MR) is 124 cm³/mol. The number of aromatic nitrogens is 4. The summed E-state index contributed by atoms with van der Waals surface area (Å²) in [5.41, 5.74) is 3.67. The number of fused-ring (bicyclic) bond motifs is 1. The number of nitrogens with zero attached hydrogens (tertiary/aromatic N) is 5. The van der Waals surface area contributed by atoms with E-state index >= 15 is 0 Å². The van der Waals surface area contributed by atoms with E-state index in [2.05, 4.69) is 22.3 Å². The molecule has 1 unspecified atom stereocenters. The topological polar surface area (TPSA) is 95.1 Å². The molecule has 1 N–H and O–H groups in total. The molecule has 1 aromatic carbocycles. The standard InChI is InChI=1S/C25H28N6O2/c1-17-19-11-12-22(32)31(16-5-9-18-7-3-2-4-8-18)24(19)28-23(27-17)21-10-6-15-30(21)25(33)20-13-14-26-29-20/h2-4,7-8,13-14,21H,5-6,9-12,15-16H2,1H3,(H,26,29). The molecule has 8 nitrogen and oxygen atoms in total. The molecule has 4 heterocycles. The number of likely N-dealkylation sites (tertiary alicyclic amines) is 1. The minimum atomic E-state index is -0.201. The zero-order valence-corrected chi connectivity index (χ0v) is 18.8. The molecule has 33 heavy (non-hydrogen) atoms. The number of carbonyl (C=O) groups is 2. The van der Waals surface area contributed by atoms with Crippen molar-refractivity contribution in [1.29, 1.82) is 0 Å². The molecule has 2 aliphatic heterocycles. The van der Waals surface area contributed by atoms with Crippen LogP contribution in [0.5, 0.6) is 0 Å². The summed E-state index contributed by atoms with van der Waals surface area (Å²) in [6, 6.07) is 11.8. The van der Waals surface area contributed by atoms with Crippen LogP contribution in [-0.4, -0.2) is 50.0 Å². The van der Waals surface area contributed by atoms with Gasteiger partial charge in [-0.1, -0.05) is 30.3 Å². The Bertz CT molecular complexity index is 1150. The average molecular weight is 445 g/mol. The van der Waals surface area contributed by atoms with Crippen molar-refractivity contribution in [2.75, 3.05) is 18.0 Å². The molecular weight excluding hydrogens is 416 g/mol. The Labute approximate surface area is 193 Å². The van der Waals surface area contributed by atoms with Gasteiger partial charge in [-0.15, -0.1) is 0 Å². The van der Waals surface area contributed by atoms with E-state index in [0.29, 0.717) is 37.4 Å². The fraction of sp³-hybridized carbons (Fsp3) is 0.400. The largest absolute Gasteiger partial charge is 0.327 e. The highest BCUT2D eigenvalue weighted by atomic mass is 16.2. The second kappa shape index (κ2) is 9.13. The van der Waals surface area contributed by atoms with Crippen molar-refractivity contribution in [3.8, 4) is 0 Å². The lowest BCUT2D eigenvalue weighted by atomic mass is 10.0. The van der Waals surface area contributed by atoms with Crippen LogP contribution < -0.4 is 4.90 Å². The molecule has 1 saturated heterocycles. The number of amides is 2. The Morgan fingerprint density at radius 3 is 2.79 bits per heavy atom. The van der Waals surface area contributed by atoms with E-state index in [1.165, 1.54) is 5.56 Å². The Morgan fingerprint density at radius 1 is 1.15 bits per heavy atom. The molecule has 0 saturated carbocycles. The number of rotatable bonds is 6. The number of carbonyl (C=O) groups excluding carboxylic acids is 2. The van der Waals surface area contributed by atoms with E-state index in [9.17, 15) is 9.59 Å². The molecule has 3 aromatic rings. The molecule has 1 atom stereocenters. The number of aromatic amines is 1. The molecule has 1 fully saturated rings. The van der Waals surface area contributed by atoms with E-state index < -0.39 is 0 Å². The van der Waals surface area contributed by atoms with Gasteiger partial charge >= 0.3 is 0 Å². The summed E-state index contributed by atoms with van der Waals surface area (Å²) in [7, 11) is 0. The molecule has 8 heteroatoms. The number of anilines is 1. The van der Waals surface area contributed by atoms with Crippen LogP contribution in [0, 0.1) is 6.92 Å². The lowest BCUT2D eigenvalue weighted by Crippen LogP contribution is -2.38. The average Bonchev–Trinajstić information content (AvgIpc) is 3.53. The zero-order valence-electron chi connectivity index (χ0n) is 18.8. The van der Waals surface area contributed by atoms with E-state index in [1.54, 1.807) is 12.3 Å². The number of hydrogen-bond donors (Lipinski definition) is 1. The van der Waals surface area contributed by atoms with E-state index in [4.69, 9.17) is 9.97 Å². The summed E-state index contributed by atoms with van der Waals surface area (Å²) < 4.78 is 0. The van der Waals surface area contributed by atoms with Gasteiger partial charge in [0.05, 0.1) is 6.04 Å². The summed E-state index contributed by atoms with van der Waals surface area (Å²) in [6.07, 6.45) is 6.20. The van der Waals surface area contributed by atoms with Gasteiger partial charge in [-0.2, -0.15) is 5.10 Å². The number of benzene rings is 1. The molecule has 2 aliphatic rings. The third kappa shape index (κ3) is 4.25. The molecule has 170 valence electrons. The smallest absolute Gasteiger partial charge is 0.272 e. The SMILES string of the molecule is Cc1nc(C2CCCN2C(=O)c2ccn[nH]2)nc2c1CCC(=O)N2CCCc1ccccc1. The molecule has 0 aliphatic carbocycles. The highest BCUT2D eigenvalue weighted by Gasteiger charge is 2.35. The summed E-state index contributed by atoms with van der Waals surface area (Å²) in [4.78, 5) is 39.2. The quantitative estimate of drug-likeness (QED) is 0.629. The predicted octanol–water partition coefficient (Wildman–Crippen LogP) is 3.40. The number of hydrogen-bond acceptors (Lipinski definition) is 5. The minimum Gasteiger partial charge on any atom is -0.327 e. The minimum absolute atomic E-state index is 0.0928. The van der Waals surface area contributed by atoms with Crippen LogP contribution in [0.1, 0.15) is 64.9 Å². The molecule has 0 spiro atoms. The van der Waals surface area contributed by atoms with Crippen molar-refractivity contribution in [2.24, 2.45) is 0 Å². The van der Waals surface area contributed by atoms with Gasteiger partial charge in [-0.3, -0.25) is 19.6 Å². The van der Waals surface area contributed by atoms with Crippen LogP contribution in [0.3, 0.4) is 0 Å². The number of aryl methyl sites for hydroxylation is 2. The Hall–Kier alpha value is -3.55. The first-order valence-electron chi connectivity index (χ1n) is 11.6. The monoisotopic (exact) mass is 444 g/mol. The van der Waals surface area contributed by atoms with Gasteiger partial charge in [0.15, 0.2) is 5.82 Å². The van der Waals surface area contributed by atoms with E-state index in [0.717, 1.165) is 42.8 Å². The van der Waals surface area contributed by atoms with Crippen molar-refractivity contribution < 1.29 is 9.59 Å². The maximum Gasteiger partial charge on any atom is 0.272 e. The van der Waals surface area contributed by atoms with Crippen LogP contribution in [0.15, 0.2) is 42.6 Å². The van der Waals surface area contributed by atoms with Gasteiger partial charge in [-0.05, 0) is 50.7 Å². The van der Waals surface area contributed by atoms with Crippen molar-refractivity contribution >= 4 is 17.6 Å². The maximum absolute atomic E-state index is 13.0. The second-order valence-electron chi connectivity index (χ2n) is 8.73. The third-order valence-corrected chi connectivity index (χ3v) is 6.59. The van der Waals surface area contributed by atoms with Gasteiger partial charge in [0.1, 0.15) is 11.5 Å². The Morgan fingerprint density at radius 2 is 2.00 bits per heavy atom. The number of H-pyrrole nitrogens is 1. The molecular formula is C25H28N6O2. The van der Waals surface area contributed by atoms with Gasteiger partial charge in [0, 0.05) is 37.0 Å². The first-order chi connectivity index (χ1) is 16.1. The lowest BCUT2D eigenvalue weighted by molar-refractivity contribution is -0.119. The Balaban J connectivity index is 1.40. The number of nitrogens with one attached hydrogen (secondary N) is 1. The summed E-state index contributed by atoms with van der Waals surface area (Å²) in [5.74, 6) is 1.36. The van der Waals surface area contributed by atoms with Gasteiger partial charge < -0.3 is 4.90 Å².